The number of hydrogen-bond donors (Lipinski definition) is 1. The standard InChI is InChI=1S/C22H23ClN4O3/c1-14-12-15(2)25-21(28)17(14)13-26-9-6-16-4-5-18(20(23)19(16)22(26)29)30-11-10-27-8-3-7-24-27/h3-5,7-8,12H,6,9-11,13H2,1-2H3,(H,25,28). The largest absolute Gasteiger partial charge is 0.490 e. The first-order valence-corrected chi connectivity index (χ1v) is 10.2. The second-order valence-electron chi connectivity index (χ2n) is 7.45. The summed E-state index contributed by atoms with van der Waals surface area (Å²) in [7, 11) is 0. The molecule has 0 atom stereocenters. The van der Waals surface area contributed by atoms with E-state index in [-0.39, 0.29) is 18.0 Å². The fraction of sp³-hybridized carbons (Fsp3) is 0.318. The number of rotatable bonds is 6. The maximum Gasteiger partial charge on any atom is 0.256 e. The number of aromatic nitrogens is 3. The van der Waals surface area contributed by atoms with E-state index in [2.05, 4.69) is 10.1 Å². The van der Waals surface area contributed by atoms with Gasteiger partial charge in [0.15, 0.2) is 0 Å². The molecule has 1 aliphatic heterocycles. The highest BCUT2D eigenvalue weighted by molar-refractivity contribution is 6.35. The second-order valence-corrected chi connectivity index (χ2v) is 7.83. The van der Waals surface area contributed by atoms with Crippen molar-refractivity contribution in [1.82, 2.24) is 19.7 Å². The maximum absolute atomic E-state index is 13.2. The topological polar surface area (TPSA) is 80.2 Å². The van der Waals surface area contributed by atoms with Gasteiger partial charge in [0, 0.05) is 30.2 Å². The van der Waals surface area contributed by atoms with E-state index in [1.807, 2.05) is 44.3 Å². The highest BCUT2D eigenvalue weighted by atomic mass is 35.5. The zero-order chi connectivity index (χ0) is 21.3. The number of halogens is 1. The van der Waals surface area contributed by atoms with Crippen LogP contribution in [0, 0.1) is 13.8 Å². The van der Waals surface area contributed by atoms with E-state index in [1.54, 1.807) is 15.8 Å². The van der Waals surface area contributed by atoms with Gasteiger partial charge >= 0.3 is 0 Å². The third-order valence-electron chi connectivity index (χ3n) is 5.32. The Labute approximate surface area is 179 Å². The van der Waals surface area contributed by atoms with E-state index < -0.39 is 0 Å². The highest BCUT2D eigenvalue weighted by Gasteiger charge is 2.29. The SMILES string of the molecule is Cc1cc(C)c(CN2CCc3ccc(OCCn4cccn4)c(Cl)c3C2=O)c(=O)[nH]1. The molecular weight excluding hydrogens is 404 g/mol. The molecule has 2 aromatic heterocycles. The summed E-state index contributed by atoms with van der Waals surface area (Å²) in [5.74, 6) is 0.292. The summed E-state index contributed by atoms with van der Waals surface area (Å²) in [4.78, 5) is 30.1. The fourth-order valence-electron chi connectivity index (χ4n) is 3.76. The molecule has 0 fully saturated rings. The lowest BCUT2D eigenvalue weighted by Gasteiger charge is -2.30. The molecule has 30 heavy (non-hydrogen) atoms. The molecule has 0 saturated carbocycles. The molecule has 0 unspecified atom stereocenters. The van der Waals surface area contributed by atoms with Crippen molar-refractivity contribution in [2.45, 2.75) is 33.4 Å². The van der Waals surface area contributed by atoms with Crippen LogP contribution in [0.25, 0.3) is 0 Å². The first-order valence-electron chi connectivity index (χ1n) is 9.84. The third kappa shape index (κ3) is 3.98. The first kappa shape index (κ1) is 20.2. The summed E-state index contributed by atoms with van der Waals surface area (Å²) in [5.41, 5.74) is 3.47. The second kappa shape index (κ2) is 8.36. The molecule has 0 bridgehead atoms. The van der Waals surface area contributed by atoms with E-state index in [9.17, 15) is 9.59 Å². The third-order valence-corrected chi connectivity index (χ3v) is 5.70. The number of aromatic amines is 1. The summed E-state index contributed by atoms with van der Waals surface area (Å²) in [6, 6.07) is 7.46. The predicted molar refractivity (Wildman–Crippen MR) is 114 cm³/mol. The van der Waals surface area contributed by atoms with Crippen molar-refractivity contribution < 1.29 is 9.53 Å². The van der Waals surface area contributed by atoms with E-state index in [4.69, 9.17) is 16.3 Å². The molecule has 3 aromatic rings. The van der Waals surface area contributed by atoms with Gasteiger partial charge in [-0.15, -0.1) is 0 Å². The van der Waals surface area contributed by atoms with Gasteiger partial charge in [-0.2, -0.15) is 5.10 Å². The Morgan fingerprint density at radius 3 is 2.83 bits per heavy atom. The summed E-state index contributed by atoms with van der Waals surface area (Å²) in [6.45, 7) is 5.48. The number of hydrogen-bond acceptors (Lipinski definition) is 4. The molecule has 1 N–H and O–H groups in total. The van der Waals surface area contributed by atoms with Crippen molar-refractivity contribution in [3.05, 3.63) is 80.0 Å². The Morgan fingerprint density at radius 2 is 2.10 bits per heavy atom. The molecule has 156 valence electrons. The van der Waals surface area contributed by atoms with E-state index in [0.29, 0.717) is 48.0 Å². The van der Waals surface area contributed by atoms with Gasteiger partial charge in [0.2, 0.25) is 0 Å². The summed E-state index contributed by atoms with van der Waals surface area (Å²) in [5, 5.41) is 4.45. The Morgan fingerprint density at radius 1 is 1.27 bits per heavy atom. The number of pyridine rings is 1. The smallest absolute Gasteiger partial charge is 0.256 e. The van der Waals surface area contributed by atoms with Crippen molar-refractivity contribution in [2.24, 2.45) is 0 Å². The lowest BCUT2D eigenvalue weighted by atomic mass is 9.97. The number of carbonyl (C=O) groups excluding carboxylic acids is 1. The van der Waals surface area contributed by atoms with Crippen LogP contribution < -0.4 is 10.3 Å². The van der Waals surface area contributed by atoms with Crippen LogP contribution in [-0.4, -0.2) is 38.7 Å². The quantitative estimate of drug-likeness (QED) is 0.656. The number of amides is 1. The molecule has 7 nitrogen and oxygen atoms in total. The zero-order valence-electron chi connectivity index (χ0n) is 16.9. The molecule has 0 saturated heterocycles. The minimum atomic E-state index is -0.182. The van der Waals surface area contributed by atoms with Crippen molar-refractivity contribution in [1.29, 1.82) is 0 Å². The molecule has 0 aliphatic carbocycles. The monoisotopic (exact) mass is 426 g/mol. The average molecular weight is 427 g/mol. The fourth-order valence-corrected chi connectivity index (χ4v) is 4.08. The van der Waals surface area contributed by atoms with E-state index >= 15 is 0 Å². The summed E-state index contributed by atoms with van der Waals surface area (Å²) < 4.78 is 7.58. The molecule has 1 aromatic carbocycles. The minimum Gasteiger partial charge on any atom is -0.490 e. The molecular formula is C22H23ClN4O3. The van der Waals surface area contributed by atoms with Gasteiger partial charge in [0.05, 0.1) is 23.7 Å². The number of nitrogens with zero attached hydrogens (tertiary/aromatic N) is 3. The minimum absolute atomic E-state index is 0.159. The van der Waals surface area contributed by atoms with Gasteiger partial charge in [0.1, 0.15) is 12.4 Å². The van der Waals surface area contributed by atoms with Gasteiger partial charge in [-0.1, -0.05) is 17.7 Å². The van der Waals surface area contributed by atoms with Crippen LogP contribution in [0.4, 0.5) is 0 Å². The number of carbonyl (C=O) groups is 1. The van der Waals surface area contributed by atoms with Crippen LogP contribution in [0.1, 0.15) is 32.7 Å². The van der Waals surface area contributed by atoms with Crippen LogP contribution in [0.15, 0.2) is 41.5 Å². The average Bonchev–Trinajstić information content (AvgIpc) is 3.21. The van der Waals surface area contributed by atoms with Crippen LogP contribution >= 0.6 is 11.6 Å². The van der Waals surface area contributed by atoms with Gasteiger partial charge in [-0.05, 0) is 49.6 Å². The molecule has 0 radical (unpaired) electrons. The lowest BCUT2D eigenvalue weighted by molar-refractivity contribution is 0.0725. The molecule has 3 heterocycles. The first-order chi connectivity index (χ1) is 14.4. The van der Waals surface area contributed by atoms with Crippen LogP contribution in [-0.2, 0) is 19.5 Å². The summed E-state index contributed by atoms with van der Waals surface area (Å²) >= 11 is 6.57. The Kier molecular flexibility index (Phi) is 5.63. The van der Waals surface area contributed by atoms with Crippen molar-refractivity contribution in [3.8, 4) is 5.75 Å². The van der Waals surface area contributed by atoms with Crippen molar-refractivity contribution >= 4 is 17.5 Å². The predicted octanol–water partition coefficient (Wildman–Crippen LogP) is 3.12. The van der Waals surface area contributed by atoms with Crippen LogP contribution in [0.3, 0.4) is 0 Å². The van der Waals surface area contributed by atoms with Crippen molar-refractivity contribution in [2.75, 3.05) is 13.2 Å². The number of benzene rings is 1. The van der Waals surface area contributed by atoms with Gasteiger partial charge < -0.3 is 14.6 Å². The zero-order valence-corrected chi connectivity index (χ0v) is 17.7. The van der Waals surface area contributed by atoms with Crippen LogP contribution in [0.5, 0.6) is 5.75 Å². The van der Waals surface area contributed by atoms with Crippen molar-refractivity contribution in [3.63, 3.8) is 0 Å². The number of fused-ring (bicyclic) bond motifs is 1. The number of H-pyrrole nitrogens is 1. The number of ether oxygens (including phenoxy) is 1. The molecule has 1 amide bonds. The van der Waals surface area contributed by atoms with E-state index in [1.165, 1.54) is 0 Å². The molecule has 4 rings (SSSR count). The maximum atomic E-state index is 13.2. The normalized spacial score (nSPS) is 13.4. The van der Waals surface area contributed by atoms with Gasteiger partial charge in [-0.25, -0.2) is 0 Å². The Bertz CT molecular complexity index is 1140. The molecule has 8 heteroatoms. The molecule has 0 spiro atoms. The number of nitrogens with one attached hydrogen (secondary N) is 1. The number of aryl methyl sites for hydroxylation is 2. The highest BCUT2D eigenvalue weighted by Crippen LogP contribution is 2.34. The summed E-state index contributed by atoms with van der Waals surface area (Å²) in [6.07, 6.45) is 4.24. The van der Waals surface area contributed by atoms with Gasteiger partial charge in [-0.3, -0.25) is 14.3 Å². The van der Waals surface area contributed by atoms with Crippen LogP contribution in [0.2, 0.25) is 5.02 Å². The Hall–Kier alpha value is -3.06. The molecule has 1 aliphatic rings. The lowest BCUT2D eigenvalue weighted by Crippen LogP contribution is -2.39. The van der Waals surface area contributed by atoms with Gasteiger partial charge in [0.25, 0.3) is 11.5 Å². The van der Waals surface area contributed by atoms with E-state index in [0.717, 1.165) is 16.8 Å². The Balaban J connectivity index is 1.54.